The molecule has 0 bridgehead atoms. The lowest BCUT2D eigenvalue weighted by molar-refractivity contribution is 0.171. The van der Waals surface area contributed by atoms with E-state index in [0.717, 1.165) is 16.9 Å². The molecular formula is C24H22N4O5. The van der Waals surface area contributed by atoms with E-state index in [1.54, 1.807) is 32.5 Å². The molecule has 0 aliphatic carbocycles. The molecule has 0 atom stereocenters. The van der Waals surface area contributed by atoms with Crippen molar-refractivity contribution in [3.05, 3.63) is 64.6 Å². The number of nitrogens with one attached hydrogen (secondary N) is 2. The Balaban J connectivity index is 1.45. The Labute approximate surface area is 189 Å². The van der Waals surface area contributed by atoms with E-state index in [2.05, 4.69) is 20.3 Å². The number of anilines is 1. The first-order valence-electron chi connectivity index (χ1n) is 10.4. The number of nitrogens with zero attached hydrogens (tertiary/aromatic N) is 2. The number of hydrogen-bond acceptors (Lipinski definition) is 8. The lowest BCUT2D eigenvalue weighted by Crippen LogP contribution is -2.16. The summed E-state index contributed by atoms with van der Waals surface area (Å²) >= 11 is 0. The quantitative estimate of drug-likeness (QED) is 0.464. The molecule has 1 aliphatic heterocycles. The van der Waals surface area contributed by atoms with Gasteiger partial charge in [-0.2, -0.15) is 4.98 Å². The molecule has 2 N–H and O–H groups in total. The van der Waals surface area contributed by atoms with E-state index >= 15 is 0 Å². The highest BCUT2D eigenvalue weighted by atomic mass is 16.6. The molecule has 168 valence electrons. The van der Waals surface area contributed by atoms with E-state index in [0.29, 0.717) is 59.6 Å². The molecule has 4 aromatic rings. The predicted molar refractivity (Wildman–Crippen MR) is 123 cm³/mol. The van der Waals surface area contributed by atoms with Gasteiger partial charge in [0.1, 0.15) is 13.2 Å². The number of hydrogen-bond donors (Lipinski definition) is 2. The monoisotopic (exact) mass is 446 g/mol. The third-order valence-electron chi connectivity index (χ3n) is 5.37. The van der Waals surface area contributed by atoms with Crippen LogP contribution >= 0.6 is 0 Å². The number of H-pyrrole nitrogens is 1. The van der Waals surface area contributed by atoms with Crippen molar-refractivity contribution < 1.29 is 18.9 Å². The van der Waals surface area contributed by atoms with Crippen molar-refractivity contribution in [2.45, 2.75) is 6.54 Å². The first kappa shape index (κ1) is 20.6. The molecule has 1 aliphatic rings. The molecule has 0 amide bonds. The molecule has 0 fully saturated rings. The number of rotatable bonds is 6. The van der Waals surface area contributed by atoms with Crippen LogP contribution in [0, 0.1) is 0 Å². The standard InChI is InChI=1S/C24H22N4O5/c1-30-17-6-4-15(12-19(17)31-2)16-7-8-25-22-21(16)23(29)28-24(27-22)26-13-14-3-5-18-20(11-14)33-10-9-32-18/h3-8,11-12H,9-10,13H2,1-2H3,(H2,25,26,27,28,29). The van der Waals surface area contributed by atoms with Gasteiger partial charge in [-0.15, -0.1) is 0 Å². The number of fused-ring (bicyclic) bond motifs is 2. The minimum atomic E-state index is -0.289. The lowest BCUT2D eigenvalue weighted by Gasteiger charge is -2.19. The van der Waals surface area contributed by atoms with Gasteiger partial charge in [-0.25, -0.2) is 4.98 Å². The van der Waals surface area contributed by atoms with Crippen molar-refractivity contribution in [1.82, 2.24) is 15.0 Å². The van der Waals surface area contributed by atoms with Gasteiger partial charge in [-0.1, -0.05) is 12.1 Å². The van der Waals surface area contributed by atoms with Crippen LogP contribution in [0.4, 0.5) is 5.95 Å². The van der Waals surface area contributed by atoms with Gasteiger partial charge in [-0.3, -0.25) is 9.78 Å². The normalized spacial score (nSPS) is 12.4. The molecule has 33 heavy (non-hydrogen) atoms. The Morgan fingerprint density at radius 2 is 1.82 bits per heavy atom. The second-order valence-electron chi connectivity index (χ2n) is 7.37. The van der Waals surface area contributed by atoms with Crippen molar-refractivity contribution in [3.8, 4) is 34.1 Å². The first-order valence-corrected chi connectivity index (χ1v) is 10.4. The topological polar surface area (TPSA) is 108 Å². The summed E-state index contributed by atoms with van der Waals surface area (Å²) in [5.41, 5.74) is 2.52. The molecule has 2 aromatic carbocycles. The van der Waals surface area contributed by atoms with E-state index in [1.807, 2.05) is 30.3 Å². The molecule has 0 saturated carbocycles. The highest BCUT2D eigenvalue weighted by Crippen LogP contribution is 2.34. The van der Waals surface area contributed by atoms with E-state index in [4.69, 9.17) is 18.9 Å². The van der Waals surface area contributed by atoms with Crippen molar-refractivity contribution in [3.63, 3.8) is 0 Å². The Kier molecular flexibility index (Phi) is 5.43. The summed E-state index contributed by atoms with van der Waals surface area (Å²) < 4.78 is 21.9. The van der Waals surface area contributed by atoms with Crippen molar-refractivity contribution >= 4 is 17.0 Å². The molecule has 0 saturated heterocycles. The van der Waals surface area contributed by atoms with Crippen LogP contribution in [0.5, 0.6) is 23.0 Å². The SMILES string of the molecule is COc1ccc(-c2ccnc3nc(NCc4ccc5c(c4)OCCO5)[nH]c(=O)c23)cc1OC. The fraction of sp³-hybridized carbons (Fsp3) is 0.208. The van der Waals surface area contributed by atoms with Crippen LogP contribution in [0.25, 0.3) is 22.2 Å². The third kappa shape index (κ3) is 4.00. The Hall–Kier alpha value is -4.27. The number of benzene rings is 2. The summed E-state index contributed by atoms with van der Waals surface area (Å²) in [5, 5.41) is 3.55. The van der Waals surface area contributed by atoms with E-state index < -0.39 is 0 Å². The second-order valence-corrected chi connectivity index (χ2v) is 7.37. The highest BCUT2D eigenvalue weighted by Gasteiger charge is 2.15. The largest absolute Gasteiger partial charge is 0.493 e. The van der Waals surface area contributed by atoms with Crippen LogP contribution in [0.2, 0.25) is 0 Å². The Bertz CT molecular complexity index is 1390. The number of pyridine rings is 1. The van der Waals surface area contributed by atoms with Crippen LogP contribution in [-0.2, 0) is 6.54 Å². The fourth-order valence-electron chi connectivity index (χ4n) is 3.77. The number of ether oxygens (including phenoxy) is 4. The van der Waals surface area contributed by atoms with Gasteiger partial charge in [0.05, 0.1) is 19.6 Å². The van der Waals surface area contributed by atoms with Crippen LogP contribution in [-0.4, -0.2) is 42.4 Å². The zero-order valence-corrected chi connectivity index (χ0v) is 18.2. The summed E-state index contributed by atoms with van der Waals surface area (Å²) in [6.07, 6.45) is 1.63. The average Bonchev–Trinajstić information content (AvgIpc) is 2.86. The molecule has 3 heterocycles. The summed E-state index contributed by atoms with van der Waals surface area (Å²) in [4.78, 5) is 24.6. The first-order chi connectivity index (χ1) is 16.2. The maximum atomic E-state index is 13.0. The van der Waals surface area contributed by atoms with Gasteiger partial charge in [0, 0.05) is 12.7 Å². The summed E-state index contributed by atoms with van der Waals surface area (Å²) in [6, 6.07) is 13.0. The van der Waals surface area contributed by atoms with Crippen LogP contribution in [0.3, 0.4) is 0 Å². The molecule has 0 spiro atoms. The molecule has 0 unspecified atom stereocenters. The Morgan fingerprint density at radius 3 is 2.64 bits per heavy atom. The minimum Gasteiger partial charge on any atom is -0.493 e. The molecule has 9 nitrogen and oxygen atoms in total. The summed E-state index contributed by atoms with van der Waals surface area (Å²) in [6.45, 7) is 1.52. The lowest BCUT2D eigenvalue weighted by atomic mass is 10.0. The van der Waals surface area contributed by atoms with Gasteiger partial charge in [0.2, 0.25) is 5.95 Å². The van der Waals surface area contributed by atoms with Crippen molar-refractivity contribution in [2.24, 2.45) is 0 Å². The highest BCUT2D eigenvalue weighted by molar-refractivity contribution is 5.92. The van der Waals surface area contributed by atoms with Gasteiger partial charge in [0.25, 0.3) is 5.56 Å². The summed E-state index contributed by atoms with van der Waals surface area (Å²) in [7, 11) is 3.15. The third-order valence-corrected chi connectivity index (χ3v) is 5.37. The molecule has 5 rings (SSSR count). The van der Waals surface area contributed by atoms with Crippen LogP contribution in [0.15, 0.2) is 53.5 Å². The molecule has 0 radical (unpaired) electrons. The van der Waals surface area contributed by atoms with E-state index in [-0.39, 0.29) is 5.56 Å². The smallest absolute Gasteiger partial charge is 0.262 e. The molecule has 9 heteroatoms. The van der Waals surface area contributed by atoms with Crippen LogP contribution in [0.1, 0.15) is 5.56 Å². The molecular weight excluding hydrogens is 424 g/mol. The molecule has 2 aromatic heterocycles. The zero-order chi connectivity index (χ0) is 22.8. The number of aromatic amines is 1. The van der Waals surface area contributed by atoms with Gasteiger partial charge >= 0.3 is 0 Å². The number of aromatic nitrogens is 3. The van der Waals surface area contributed by atoms with Gasteiger partial charge < -0.3 is 24.3 Å². The van der Waals surface area contributed by atoms with Crippen molar-refractivity contribution in [1.29, 1.82) is 0 Å². The van der Waals surface area contributed by atoms with Crippen LogP contribution < -0.4 is 29.8 Å². The number of methoxy groups -OCH3 is 2. The maximum Gasteiger partial charge on any atom is 0.262 e. The average molecular weight is 446 g/mol. The van der Waals surface area contributed by atoms with E-state index in [1.165, 1.54) is 0 Å². The fourth-order valence-corrected chi connectivity index (χ4v) is 3.77. The summed E-state index contributed by atoms with van der Waals surface area (Å²) in [5.74, 6) is 2.95. The second kappa shape index (κ2) is 8.70. The van der Waals surface area contributed by atoms with Crippen molar-refractivity contribution in [2.75, 3.05) is 32.8 Å². The van der Waals surface area contributed by atoms with E-state index in [9.17, 15) is 4.79 Å². The zero-order valence-electron chi connectivity index (χ0n) is 18.2. The Morgan fingerprint density at radius 1 is 1.00 bits per heavy atom. The minimum absolute atomic E-state index is 0.289. The predicted octanol–water partition coefficient (Wildman–Crippen LogP) is 3.39. The van der Waals surface area contributed by atoms with Gasteiger partial charge in [-0.05, 0) is 47.0 Å². The maximum absolute atomic E-state index is 13.0. The van der Waals surface area contributed by atoms with Gasteiger partial charge in [0.15, 0.2) is 28.6 Å².